The monoisotopic (exact) mass is 287 g/mol. The van der Waals surface area contributed by atoms with Crippen LogP contribution in [0.1, 0.15) is 25.0 Å². The number of hydrogen-bond donors (Lipinski definition) is 1. The number of hydrogen-bond acceptors (Lipinski definition) is 2. The Kier molecular flexibility index (Phi) is 5.34. The van der Waals surface area contributed by atoms with Crippen LogP contribution in [0.3, 0.4) is 0 Å². The molecule has 0 amide bonds. The molecule has 0 bridgehead atoms. The molecule has 0 spiro atoms. The van der Waals surface area contributed by atoms with E-state index in [1.807, 2.05) is 24.3 Å². The fourth-order valence-corrected chi connectivity index (χ4v) is 2.01. The van der Waals surface area contributed by atoms with E-state index in [0.29, 0.717) is 17.2 Å². The average Bonchev–Trinajstić information content (AvgIpc) is 2.44. The predicted molar refractivity (Wildman–Crippen MR) is 84.2 cm³/mol. The summed E-state index contributed by atoms with van der Waals surface area (Å²) in [6.45, 7) is 7.77. The van der Waals surface area contributed by atoms with E-state index < -0.39 is 0 Å². The topological polar surface area (TPSA) is 21.3 Å². The fraction of sp³-hybridized carbons (Fsp3) is 0.333. The van der Waals surface area contributed by atoms with Crippen LogP contribution in [0.15, 0.2) is 42.5 Å². The minimum atomic E-state index is -0.247. The lowest BCUT2D eigenvalue weighted by Crippen LogP contribution is -2.19. The molecule has 0 atom stereocenters. The van der Waals surface area contributed by atoms with Crippen molar-refractivity contribution in [3.8, 4) is 11.5 Å². The van der Waals surface area contributed by atoms with Gasteiger partial charge < -0.3 is 10.1 Å². The highest BCUT2D eigenvalue weighted by atomic mass is 19.1. The Balaban J connectivity index is 2.10. The highest BCUT2D eigenvalue weighted by molar-refractivity contribution is 5.38. The summed E-state index contributed by atoms with van der Waals surface area (Å²) >= 11 is 0. The number of nitrogens with one attached hydrogen (secondary N) is 1. The van der Waals surface area contributed by atoms with Gasteiger partial charge in [-0.15, -0.1) is 0 Å². The summed E-state index contributed by atoms with van der Waals surface area (Å²) in [6, 6.07) is 12.8. The number of rotatable bonds is 6. The van der Waals surface area contributed by atoms with E-state index in [4.69, 9.17) is 4.74 Å². The summed E-state index contributed by atoms with van der Waals surface area (Å²) in [6.07, 6.45) is 0. The largest absolute Gasteiger partial charge is 0.457 e. The maximum absolute atomic E-state index is 13.6. The van der Waals surface area contributed by atoms with Crippen LogP contribution in [0.5, 0.6) is 11.5 Å². The molecule has 1 N–H and O–H groups in total. The van der Waals surface area contributed by atoms with Gasteiger partial charge in [0.15, 0.2) is 0 Å². The summed E-state index contributed by atoms with van der Waals surface area (Å²) in [5, 5.41) is 3.39. The average molecular weight is 287 g/mol. The molecule has 0 aliphatic heterocycles. The lowest BCUT2D eigenvalue weighted by molar-refractivity contribution is 0.464. The molecular weight excluding hydrogens is 265 g/mol. The summed E-state index contributed by atoms with van der Waals surface area (Å²) < 4.78 is 19.4. The highest BCUT2D eigenvalue weighted by Gasteiger charge is 2.06. The van der Waals surface area contributed by atoms with E-state index in [2.05, 4.69) is 19.2 Å². The maximum Gasteiger partial charge on any atom is 0.131 e. The smallest absolute Gasteiger partial charge is 0.131 e. The van der Waals surface area contributed by atoms with Gasteiger partial charge in [-0.2, -0.15) is 0 Å². The van der Waals surface area contributed by atoms with Crippen LogP contribution in [-0.4, -0.2) is 6.54 Å². The molecule has 0 aliphatic rings. The van der Waals surface area contributed by atoms with Gasteiger partial charge in [-0.05, 0) is 37.1 Å². The van der Waals surface area contributed by atoms with Gasteiger partial charge in [0, 0.05) is 18.2 Å². The van der Waals surface area contributed by atoms with Gasteiger partial charge in [0.2, 0.25) is 0 Å². The molecule has 0 heterocycles. The molecule has 112 valence electrons. The SMILES string of the molecule is Cc1ccc(Oc2ccccc2CNCC(C)C)cc1F. The Morgan fingerprint density at radius 1 is 1.14 bits per heavy atom. The van der Waals surface area contributed by atoms with Gasteiger partial charge >= 0.3 is 0 Å². The van der Waals surface area contributed by atoms with Gasteiger partial charge in [-0.1, -0.05) is 38.1 Å². The standard InChI is InChI=1S/C18H22FNO/c1-13(2)11-20-12-15-6-4-5-7-18(15)21-16-9-8-14(3)17(19)10-16/h4-10,13,20H,11-12H2,1-3H3. The second-order valence-electron chi connectivity index (χ2n) is 5.65. The molecular formula is C18H22FNO. The Morgan fingerprint density at radius 2 is 1.90 bits per heavy atom. The second-order valence-corrected chi connectivity index (χ2v) is 5.65. The van der Waals surface area contributed by atoms with Crippen LogP contribution >= 0.6 is 0 Å². The Labute approximate surface area is 126 Å². The van der Waals surface area contributed by atoms with E-state index in [1.165, 1.54) is 6.07 Å². The van der Waals surface area contributed by atoms with E-state index in [-0.39, 0.29) is 5.82 Å². The van der Waals surface area contributed by atoms with Gasteiger partial charge in [-0.3, -0.25) is 0 Å². The first kappa shape index (κ1) is 15.5. The van der Waals surface area contributed by atoms with Crippen molar-refractivity contribution in [3.05, 3.63) is 59.4 Å². The summed E-state index contributed by atoms with van der Waals surface area (Å²) in [7, 11) is 0. The van der Waals surface area contributed by atoms with Crippen molar-refractivity contribution in [2.24, 2.45) is 5.92 Å². The number of para-hydroxylation sites is 1. The molecule has 2 nitrogen and oxygen atoms in total. The zero-order valence-corrected chi connectivity index (χ0v) is 12.8. The molecule has 0 saturated carbocycles. The van der Waals surface area contributed by atoms with E-state index >= 15 is 0 Å². The molecule has 0 aliphatic carbocycles. The van der Waals surface area contributed by atoms with Crippen molar-refractivity contribution in [3.63, 3.8) is 0 Å². The summed E-state index contributed by atoms with van der Waals surface area (Å²) in [5.41, 5.74) is 1.69. The van der Waals surface area contributed by atoms with Gasteiger partial charge in [0.1, 0.15) is 17.3 Å². The Morgan fingerprint density at radius 3 is 2.62 bits per heavy atom. The number of benzene rings is 2. The normalized spacial score (nSPS) is 10.9. The molecule has 2 aromatic rings. The quantitative estimate of drug-likeness (QED) is 0.833. The highest BCUT2D eigenvalue weighted by Crippen LogP contribution is 2.26. The number of halogens is 1. The maximum atomic E-state index is 13.6. The molecule has 0 fully saturated rings. The van der Waals surface area contributed by atoms with Crippen molar-refractivity contribution in [2.75, 3.05) is 6.54 Å². The Hall–Kier alpha value is -1.87. The molecule has 0 aromatic heterocycles. The third-order valence-electron chi connectivity index (χ3n) is 3.21. The van der Waals surface area contributed by atoms with E-state index in [9.17, 15) is 4.39 Å². The predicted octanol–water partition coefficient (Wildman–Crippen LogP) is 4.67. The van der Waals surface area contributed by atoms with Crippen LogP contribution in [0, 0.1) is 18.7 Å². The summed E-state index contributed by atoms with van der Waals surface area (Å²) in [5.74, 6) is 1.64. The zero-order valence-electron chi connectivity index (χ0n) is 12.8. The van der Waals surface area contributed by atoms with Crippen molar-refractivity contribution >= 4 is 0 Å². The second kappa shape index (κ2) is 7.23. The lowest BCUT2D eigenvalue weighted by Gasteiger charge is -2.13. The summed E-state index contributed by atoms with van der Waals surface area (Å²) in [4.78, 5) is 0. The lowest BCUT2D eigenvalue weighted by atomic mass is 10.1. The van der Waals surface area contributed by atoms with E-state index in [0.717, 1.165) is 24.4 Å². The fourth-order valence-electron chi connectivity index (χ4n) is 2.01. The van der Waals surface area contributed by atoms with Crippen LogP contribution < -0.4 is 10.1 Å². The van der Waals surface area contributed by atoms with E-state index in [1.54, 1.807) is 19.1 Å². The molecule has 2 aromatic carbocycles. The minimum Gasteiger partial charge on any atom is -0.457 e. The molecule has 0 saturated heterocycles. The van der Waals surface area contributed by atoms with Crippen LogP contribution in [-0.2, 0) is 6.54 Å². The molecule has 0 radical (unpaired) electrons. The third kappa shape index (κ3) is 4.57. The van der Waals surface area contributed by atoms with Crippen LogP contribution in [0.25, 0.3) is 0 Å². The van der Waals surface area contributed by atoms with Crippen molar-refractivity contribution in [2.45, 2.75) is 27.3 Å². The first-order chi connectivity index (χ1) is 10.1. The third-order valence-corrected chi connectivity index (χ3v) is 3.21. The first-order valence-corrected chi connectivity index (χ1v) is 7.29. The zero-order chi connectivity index (χ0) is 15.2. The molecule has 3 heteroatoms. The van der Waals surface area contributed by atoms with Gasteiger partial charge in [0.05, 0.1) is 0 Å². The van der Waals surface area contributed by atoms with Crippen LogP contribution in [0.2, 0.25) is 0 Å². The number of ether oxygens (including phenoxy) is 1. The van der Waals surface area contributed by atoms with Crippen molar-refractivity contribution < 1.29 is 9.13 Å². The first-order valence-electron chi connectivity index (χ1n) is 7.29. The molecule has 2 rings (SSSR count). The number of aryl methyl sites for hydroxylation is 1. The molecule has 0 unspecified atom stereocenters. The van der Waals surface area contributed by atoms with Crippen molar-refractivity contribution in [1.29, 1.82) is 0 Å². The minimum absolute atomic E-state index is 0.247. The van der Waals surface area contributed by atoms with Crippen LogP contribution in [0.4, 0.5) is 4.39 Å². The Bertz CT molecular complexity index is 596. The van der Waals surface area contributed by atoms with Crippen molar-refractivity contribution in [1.82, 2.24) is 5.32 Å². The van der Waals surface area contributed by atoms with Gasteiger partial charge in [0.25, 0.3) is 0 Å². The molecule has 21 heavy (non-hydrogen) atoms. The van der Waals surface area contributed by atoms with Gasteiger partial charge in [-0.25, -0.2) is 4.39 Å².